The van der Waals surface area contributed by atoms with Crippen molar-refractivity contribution in [1.82, 2.24) is 14.9 Å². The predicted octanol–water partition coefficient (Wildman–Crippen LogP) is 0.573. The van der Waals surface area contributed by atoms with E-state index in [-0.39, 0.29) is 11.7 Å². The summed E-state index contributed by atoms with van der Waals surface area (Å²) in [5.41, 5.74) is 4.79. The summed E-state index contributed by atoms with van der Waals surface area (Å²) in [5.74, 6) is -0.330. The maximum atomic E-state index is 11.9. The summed E-state index contributed by atoms with van der Waals surface area (Å²) in [7, 11) is 0. The van der Waals surface area contributed by atoms with Gasteiger partial charge in [0.1, 0.15) is 10.4 Å². The topological polar surface area (TPSA) is 113 Å². The van der Waals surface area contributed by atoms with Crippen molar-refractivity contribution in [3.8, 4) is 0 Å². The maximum Gasteiger partial charge on any atom is 0.265 e. The highest BCUT2D eigenvalue weighted by atomic mass is 32.1. The highest BCUT2D eigenvalue weighted by Crippen LogP contribution is 2.17. The minimum absolute atomic E-state index is 0.00618. The van der Waals surface area contributed by atoms with Crippen molar-refractivity contribution in [3.05, 3.63) is 11.1 Å². The summed E-state index contributed by atoms with van der Waals surface area (Å²) >= 11 is 0.996. The molecule has 4 N–H and O–H groups in total. The summed E-state index contributed by atoms with van der Waals surface area (Å²) in [6.45, 7) is 3.71. The highest BCUT2D eigenvalue weighted by Gasteiger charge is 2.33. The second-order valence-corrected chi connectivity index (χ2v) is 4.30. The van der Waals surface area contributed by atoms with Crippen LogP contribution >= 0.6 is 11.5 Å². The molecule has 1 aromatic heterocycles. The molecule has 0 aliphatic rings. The van der Waals surface area contributed by atoms with Crippen LogP contribution in [0.4, 0.5) is 0 Å². The Labute approximate surface area is 103 Å². The number of hydrogen-bond acceptors (Lipinski definition) is 6. The van der Waals surface area contributed by atoms with Gasteiger partial charge in [-0.05, 0) is 24.4 Å². The minimum atomic E-state index is -0.837. The van der Waals surface area contributed by atoms with Crippen LogP contribution in [0.2, 0.25) is 0 Å². The van der Waals surface area contributed by atoms with Gasteiger partial charge in [0, 0.05) is 0 Å². The van der Waals surface area contributed by atoms with Gasteiger partial charge in [-0.25, -0.2) is 0 Å². The van der Waals surface area contributed by atoms with Gasteiger partial charge in [0.2, 0.25) is 0 Å². The molecule has 1 amide bonds. The fourth-order valence-electron chi connectivity index (χ4n) is 1.49. The van der Waals surface area contributed by atoms with Crippen LogP contribution in [0.1, 0.15) is 36.4 Å². The number of oxime groups is 1. The third-order valence-corrected chi connectivity index (χ3v) is 3.41. The fourth-order valence-corrected chi connectivity index (χ4v) is 1.91. The Morgan fingerprint density at radius 2 is 2.29 bits per heavy atom. The summed E-state index contributed by atoms with van der Waals surface area (Å²) < 4.78 is 3.61. The monoisotopic (exact) mass is 257 g/mol. The van der Waals surface area contributed by atoms with Crippen LogP contribution < -0.4 is 11.1 Å². The van der Waals surface area contributed by atoms with E-state index < -0.39 is 5.54 Å². The van der Waals surface area contributed by atoms with Crippen LogP contribution in [0, 0.1) is 0 Å². The highest BCUT2D eigenvalue weighted by molar-refractivity contribution is 7.07. The van der Waals surface area contributed by atoms with E-state index in [4.69, 9.17) is 10.9 Å². The Morgan fingerprint density at radius 3 is 2.71 bits per heavy atom. The van der Waals surface area contributed by atoms with Gasteiger partial charge in [-0.3, -0.25) is 4.79 Å². The van der Waals surface area contributed by atoms with Crippen LogP contribution in [0.25, 0.3) is 0 Å². The molecule has 17 heavy (non-hydrogen) atoms. The van der Waals surface area contributed by atoms with E-state index in [9.17, 15) is 4.79 Å². The van der Waals surface area contributed by atoms with Crippen molar-refractivity contribution in [2.24, 2.45) is 10.9 Å². The SMILES string of the molecule is CCC(CC)(NC(=O)c1cnns1)C(N)=NO. The Balaban J connectivity index is 2.91. The van der Waals surface area contributed by atoms with Gasteiger partial charge in [-0.2, -0.15) is 0 Å². The van der Waals surface area contributed by atoms with Crippen LogP contribution in [0.15, 0.2) is 11.4 Å². The second-order valence-electron chi connectivity index (χ2n) is 3.51. The summed E-state index contributed by atoms with van der Waals surface area (Å²) in [5, 5.41) is 18.1. The van der Waals surface area contributed by atoms with Gasteiger partial charge >= 0.3 is 0 Å². The number of carbonyl (C=O) groups is 1. The molecule has 94 valence electrons. The second kappa shape index (κ2) is 5.58. The molecule has 0 fully saturated rings. The molecule has 8 heteroatoms. The lowest BCUT2D eigenvalue weighted by atomic mass is 9.91. The Morgan fingerprint density at radius 1 is 1.65 bits per heavy atom. The molecule has 0 unspecified atom stereocenters. The molecular formula is C9H15N5O2S. The summed E-state index contributed by atoms with van der Waals surface area (Å²) in [6.07, 6.45) is 2.43. The lowest BCUT2D eigenvalue weighted by Gasteiger charge is -2.30. The molecule has 0 atom stereocenters. The number of rotatable bonds is 5. The molecule has 0 radical (unpaired) electrons. The number of aromatic nitrogens is 2. The van der Waals surface area contributed by atoms with Crippen molar-refractivity contribution in [2.75, 3.05) is 0 Å². The first kappa shape index (κ1) is 13.4. The number of amidine groups is 1. The average molecular weight is 257 g/mol. The van der Waals surface area contributed by atoms with Gasteiger partial charge in [0.15, 0.2) is 5.84 Å². The summed E-state index contributed by atoms with van der Waals surface area (Å²) in [4.78, 5) is 12.3. The van der Waals surface area contributed by atoms with Gasteiger partial charge in [0.25, 0.3) is 5.91 Å². The van der Waals surface area contributed by atoms with E-state index in [1.165, 1.54) is 6.20 Å². The third kappa shape index (κ3) is 2.70. The number of nitrogens with one attached hydrogen (secondary N) is 1. The van der Waals surface area contributed by atoms with Gasteiger partial charge in [-0.15, -0.1) is 5.10 Å². The Bertz CT molecular complexity index is 400. The van der Waals surface area contributed by atoms with Crippen molar-refractivity contribution in [1.29, 1.82) is 0 Å². The first-order valence-electron chi connectivity index (χ1n) is 5.17. The molecule has 0 aliphatic carbocycles. The van der Waals surface area contributed by atoms with Crippen LogP contribution in [0.3, 0.4) is 0 Å². The molecule has 0 aromatic carbocycles. The molecule has 0 bridgehead atoms. The standard InChI is InChI=1S/C9H15N5O2S/c1-3-9(4-2,8(10)13-16)12-7(15)6-5-11-14-17-6/h5,16H,3-4H2,1-2H3,(H2,10,13)(H,12,15). The van der Waals surface area contributed by atoms with Gasteiger partial charge < -0.3 is 16.3 Å². The fraction of sp³-hybridized carbons (Fsp3) is 0.556. The number of amides is 1. The molecule has 1 aromatic rings. The van der Waals surface area contributed by atoms with Crippen LogP contribution in [0.5, 0.6) is 0 Å². The first-order chi connectivity index (χ1) is 8.09. The number of nitrogens with two attached hydrogens (primary N) is 1. The number of hydrogen-bond donors (Lipinski definition) is 3. The van der Waals surface area contributed by atoms with E-state index in [0.717, 1.165) is 11.5 Å². The first-order valence-corrected chi connectivity index (χ1v) is 5.94. The van der Waals surface area contributed by atoms with E-state index in [2.05, 4.69) is 20.1 Å². The Hall–Kier alpha value is -1.70. The van der Waals surface area contributed by atoms with Crippen LogP contribution in [-0.2, 0) is 0 Å². The zero-order valence-corrected chi connectivity index (χ0v) is 10.5. The zero-order chi connectivity index (χ0) is 12.9. The molecule has 0 saturated heterocycles. The normalized spacial score (nSPS) is 12.5. The molecule has 7 nitrogen and oxygen atoms in total. The molecule has 0 aliphatic heterocycles. The lowest BCUT2D eigenvalue weighted by molar-refractivity contribution is 0.0922. The van der Waals surface area contributed by atoms with E-state index >= 15 is 0 Å². The van der Waals surface area contributed by atoms with Gasteiger partial charge in [0.05, 0.1) is 6.20 Å². The molecule has 0 spiro atoms. The Kier molecular flexibility index (Phi) is 4.38. The van der Waals surface area contributed by atoms with Gasteiger partial charge in [-0.1, -0.05) is 23.5 Å². The van der Waals surface area contributed by atoms with E-state index in [0.29, 0.717) is 17.7 Å². The van der Waals surface area contributed by atoms with E-state index in [1.807, 2.05) is 13.8 Å². The zero-order valence-electron chi connectivity index (χ0n) is 9.67. The number of carbonyl (C=O) groups excluding carboxylic acids is 1. The largest absolute Gasteiger partial charge is 0.409 e. The summed E-state index contributed by atoms with van der Waals surface area (Å²) in [6, 6.07) is 0. The predicted molar refractivity (Wildman–Crippen MR) is 64.1 cm³/mol. The van der Waals surface area contributed by atoms with E-state index in [1.54, 1.807) is 0 Å². The minimum Gasteiger partial charge on any atom is -0.409 e. The number of nitrogens with zero attached hydrogens (tertiary/aromatic N) is 3. The maximum absolute atomic E-state index is 11.9. The lowest BCUT2D eigenvalue weighted by Crippen LogP contribution is -2.56. The molecule has 1 rings (SSSR count). The average Bonchev–Trinajstić information content (AvgIpc) is 2.88. The van der Waals surface area contributed by atoms with Crippen molar-refractivity contribution in [3.63, 3.8) is 0 Å². The van der Waals surface area contributed by atoms with Crippen LogP contribution in [-0.4, -0.2) is 32.1 Å². The smallest absolute Gasteiger partial charge is 0.265 e. The van der Waals surface area contributed by atoms with Crippen molar-refractivity contribution in [2.45, 2.75) is 32.2 Å². The third-order valence-electron chi connectivity index (χ3n) is 2.74. The molecule has 1 heterocycles. The van der Waals surface area contributed by atoms with Crippen molar-refractivity contribution < 1.29 is 10.0 Å². The quantitative estimate of drug-likeness (QED) is 0.309. The molecule has 0 saturated carbocycles. The molecular weight excluding hydrogens is 242 g/mol. The van der Waals surface area contributed by atoms with Crippen molar-refractivity contribution >= 4 is 23.3 Å².